The molecule has 0 aliphatic carbocycles. The van der Waals surface area contributed by atoms with Gasteiger partial charge in [0.2, 0.25) is 0 Å². The summed E-state index contributed by atoms with van der Waals surface area (Å²) in [4.78, 5) is 28.1. The van der Waals surface area contributed by atoms with Gasteiger partial charge >= 0.3 is 5.97 Å². The number of azide groups is 1. The fourth-order valence-electron chi connectivity index (χ4n) is 5.28. The molecule has 0 unspecified atom stereocenters. The van der Waals surface area contributed by atoms with E-state index in [0.717, 1.165) is 63.4 Å². The van der Waals surface area contributed by atoms with E-state index in [2.05, 4.69) is 37.9 Å². The molecule has 4 aromatic carbocycles. The Labute approximate surface area is 284 Å². The van der Waals surface area contributed by atoms with Crippen LogP contribution in [0.3, 0.4) is 0 Å². The van der Waals surface area contributed by atoms with Crippen LogP contribution in [0.2, 0.25) is 0 Å². The van der Waals surface area contributed by atoms with Crippen LogP contribution in [0.4, 0.5) is 5.82 Å². The summed E-state index contributed by atoms with van der Waals surface area (Å²) in [6.07, 6.45) is 3.63. The average Bonchev–Trinajstić information content (AvgIpc) is 3.78. The van der Waals surface area contributed by atoms with Crippen LogP contribution in [-0.4, -0.2) is 49.4 Å². The van der Waals surface area contributed by atoms with E-state index >= 15 is 0 Å². The molecule has 0 radical (unpaired) electrons. The number of hydrogen-bond acceptors (Lipinski definition) is 6. The Morgan fingerprint density at radius 3 is 2.12 bits per heavy atom. The normalized spacial score (nSPS) is 13.0. The molecule has 1 aliphatic rings. The molecular weight excluding hydrogens is 616 g/mol. The number of aliphatic imine (C=N–C) groups is 2. The predicted octanol–water partition coefficient (Wildman–Crippen LogP) is 8.99. The van der Waals surface area contributed by atoms with E-state index in [1.165, 1.54) is 7.11 Å². The van der Waals surface area contributed by atoms with Crippen LogP contribution < -0.4 is 9.47 Å². The number of benzene rings is 4. The lowest BCUT2D eigenvalue weighted by Crippen LogP contribution is -2.12. The summed E-state index contributed by atoms with van der Waals surface area (Å²) in [5.41, 5.74) is 15.8. The topological polar surface area (TPSA) is 134 Å². The van der Waals surface area contributed by atoms with Crippen molar-refractivity contribution in [3.8, 4) is 33.9 Å². The van der Waals surface area contributed by atoms with Gasteiger partial charge in [-0.15, -0.1) is 0 Å². The standard InChI is InChI=1S/C39H34N6O4/c1-47-37(46)26-49-32-18-14-28(15-19-32)34-25-35(29-12-6-3-7-13-29)42-39(34)44-38-33(27-10-4-2-5-11-27)24-36(43-38)30-16-20-31(21-17-30)48-23-9-8-22-41-45-40/h2-7,10-21,24-25,43H,8-9,22-23,26H2,1H3/b44-39-. The van der Waals surface area contributed by atoms with E-state index in [-0.39, 0.29) is 6.61 Å². The Balaban J connectivity index is 1.32. The highest BCUT2D eigenvalue weighted by Gasteiger charge is 2.21. The van der Waals surface area contributed by atoms with Gasteiger partial charge in [-0.2, -0.15) is 0 Å². The van der Waals surface area contributed by atoms with E-state index in [0.29, 0.717) is 30.6 Å². The zero-order chi connectivity index (χ0) is 33.8. The van der Waals surface area contributed by atoms with E-state index in [9.17, 15) is 4.79 Å². The smallest absolute Gasteiger partial charge is 0.343 e. The minimum absolute atomic E-state index is 0.167. The lowest BCUT2D eigenvalue weighted by molar-refractivity contribution is -0.142. The highest BCUT2D eigenvalue weighted by Crippen LogP contribution is 2.37. The molecule has 10 heteroatoms. The lowest BCUT2D eigenvalue weighted by Gasteiger charge is -2.08. The van der Waals surface area contributed by atoms with Gasteiger partial charge in [0.05, 0.1) is 19.4 Å². The minimum atomic E-state index is -0.447. The molecule has 6 rings (SSSR count). The quantitative estimate of drug-likeness (QED) is 0.0422. The molecule has 0 atom stereocenters. The molecule has 5 aromatic rings. The highest BCUT2D eigenvalue weighted by atomic mass is 16.6. The van der Waals surface area contributed by atoms with Crippen LogP contribution in [0.5, 0.6) is 11.5 Å². The zero-order valence-corrected chi connectivity index (χ0v) is 27.0. The number of carbonyl (C=O) groups is 1. The van der Waals surface area contributed by atoms with Crippen molar-refractivity contribution in [2.45, 2.75) is 12.8 Å². The maximum atomic E-state index is 11.6. The van der Waals surface area contributed by atoms with Gasteiger partial charge < -0.3 is 19.2 Å². The number of unbranched alkanes of at least 4 members (excludes halogenated alkanes) is 1. The third-order valence-corrected chi connectivity index (χ3v) is 7.82. The number of aromatic nitrogens is 1. The number of ether oxygens (including phenoxy) is 3. The zero-order valence-electron chi connectivity index (χ0n) is 27.0. The number of methoxy groups -OCH3 is 1. The number of rotatable bonds is 14. The van der Waals surface area contributed by atoms with Crippen molar-refractivity contribution >= 4 is 28.9 Å². The lowest BCUT2D eigenvalue weighted by atomic mass is 10.0. The second-order valence-corrected chi connectivity index (χ2v) is 11.1. The Hall–Kier alpha value is -6.38. The van der Waals surface area contributed by atoms with Crippen molar-refractivity contribution in [3.05, 3.63) is 143 Å². The van der Waals surface area contributed by atoms with Gasteiger partial charge in [-0.3, -0.25) is 0 Å². The Morgan fingerprint density at radius 1 is 0.796 bits per heavy atom. The van der Waals surface area contributed by atoms with Crippen LogP contribution in [0, 0.1) is 0 Å². The molecule has 0 saturated heterocycles. The number of allylic oxidation sites excluding steroid dienone is 1. The van der Waals surface area contributed by atoms with Crippen molar-refractivity contribution in [1.82, 2.24) is 4.98 Å². The van der Waals surface area contributed by atoms with Crippen molar-refractivity contribution < 1.29 is 19.0 Å². The number of hydrogen-bond donors (Lipinski definition) is 1. The van der Waals surface area contributed by atoms with Gasteiger partial charge in [0.25, 0.3) is 0 Å². The Kier molecular flexibility index (Phi) is 10.6. The van der Waals surface area contributed by atoms with Crippen molar-refractivity contribution in [2.24, 2.45) is 15.1 Å². The van der Waals surface area contributed by atoms with E-state index in [1.807, 2.05) is 103 Å². The molecule has 0 saturated carbocycles. The number of nitrogens with one attached hydrogen (secondary N) is 1. The van der Waals surface area contributed by atoms with Crippen LogP contribution in [0.1, 0.15) is 24.0 Å². The number of aromatic amines is 1. The molecule has 1 aromatic heterocycles. The van der Waals surface area contributed by atoms with Gasteiger partial charge in [-0.25, -0.2) is 14.8 Å². The van der Waals surface area contributed by atoms with Crippen molar-refractivity contribution in [2.75, 3.05) is 26.9 Å². The molecule has 0 spiro atoms. The molecule has 2 heterocycles. The fourth-order valence-corrected chi connectivity index (χ4v) is 5.28. The maximum absolute atomic E-state index is 11.6. The summed E-state index contributed by atoms with van der Waals surface area (Å²) in [6.45, 7) is 0.852. The summed E-state index contributed by atoms with van der Waals surface area (Å²) >= 11 is 0. The molecule has 1 N–H and O–H groups in total. The predicted molar refractivity (Wildman–Crippen MR) is 192 cm³/mol. The van der Waals surface area contributed by atoms with Gasteiger partial charge in [-0.1, -0.05) is 77.9 Å². The number of esters is 1. The van der Waals surface area contributed by atoms with Crippen LogP contribution >= 0.6 is 0 Å². The van der Waals surface area contributed by atoms with Crippen LogP contribution in [-0.2, 0) is 9.53 Å². The number of nitrogens with zero attached hydrogens (tertiary/aromatic N) is 5. The molecular formula is C39H34N6O4. The third-order valence-electron chi connectivity index (χ3n) is 7.82. The summed E-state index contributed by atoms with van der Waals surface area (Å²) in [5.74, 6) is 2.12. The maximum Gasteiger partial charge on any atom is 0.343 e. The fraction of sp³-hybridized carbons (Fsp3) is 0.154. The molecule has 0 bridgehead atoms. The minimum Gasteiger partial charge on any atom is -0.494 e. The van der Waals surface area contributed by atoms with Crippen LogP contribution in [0.25, 0.3) is 38.4 Å². The van der Waals surface area contributed by atoms with Crippen molar-refractivity contribution in [3.63, 3.8) is 0 Å². The van der Waals surface area contributed by atoms with Gasteiger partial charge in [0.1, 0.15) is 17.3 Å². The summed E-state index contributed by atoms with van der Waals surface area (Å²) in [7, 11) is 1.33. The van der Waals surface area contributed by atoms with Crippen molar-refractivity contribution in [1.29, 1.82) is 0 Å². The molecule has 0 fully saturated rings. The third kappa shape index (κ3) is 8.32. The number of amidine groups is 1. The first-order chi connectivity index (χ1) is 24.1. The van der Waals surface area contributed by atoms with E-state index in [4.69, 9.17) is 25.0 Å². The molecule has 1 aliphatic heterocycles. The second-order valence-electron chi connectivity index (χ2n) is 11.1. The second kappa shape index (κ2) is 15.9. The Bertz CT molecular complexity index is 2030. The number of H-pyrrole nitrogens is 1. The molecule has 49 heavy (non-hydrogen) atoms. The van der Waals surface area contributed by atoms with Gasteiger partial charge in [0.15, 0.2) is 12.4 Å². The largest absolute Gasteiger partial charge is 0.494 e. The molecule has 10 nitrogen and oxygen atoms in total. The highest BCUT2D eigenvalue weighted by molar-refractivity contribution is 6.38. The summed E-state index contributed by atoms with van der Waals surface area (Å²) in [6, 6.07) is 37.7. The Morgan fingerprint density at radius 2 is 1.45 bits per heavy atom. The van der Waals surface area contributed by atoms with Crippen LogP contribution in [0.15, 0.2) is 136 Å². The first-order valence-corrected chi connectivity index (χ1v) is 15.9. The van der Waals surface area contributed by atoms with Gasteiger partial charge in [0, 0.05) is 33.9 Å². The summed E-state index contributed by atoms with van der Waals surface area (Å²) < 4.78 is 16.1. The molecule has 0 amide bonds. The number of carbonyl (C=O) groups excluding carboxylic acids is 1. The van der Waals surface area contributed by atoms with E-state index in [1.54, 1.807) is 0 Å². The monoisotopic (exact) mass is 650 g/mol. The first kappa shape index (κ1) is 32.6. The SMILES string of the molecule is COC(=O)COc1ccc(C2=CC(c3ccccc3)=N/C2=N\c2[nH]c(-c3ccc(OCCCCN=[N+]=[N-])cc3)cc2-c2ccccc2)cc1. The molecule has 244 valence electrons. The first-order valence-electron chi connectivity index (χ1n) is 15.9. The van der Waals surface area contributed by atoms with Gasteiger partial charge in [-0.05, 0) is 83.6 Å². The van der Waals surface area contributed by atoms with E-state index < -0.39 is 5.97 Å². The average molecular weight is 651 g/mol. The summed E-state index contributed by atoms with van der Waals surface area (Å²) in [5, 5.41) is 3.56.